The number of aryl methyl sites for hydroxylation is 1. The average Bonchev–Trinajstić information content (AvgIpc) is 2.30. The monoisotopic (exact) mass is 182 g/mol. The molecule has 3 nitrogen and oxygen atoms in total. The third-order valence-corrected chi connectivity index (χ3v) is 1.48. The molecule has 0 aliphatic rings. The minimum Gasteiger partial charge on any atom is -0.469 e. The van der Waals surface area contributed by atoms with Crippen molar-refractivity contribution in [1.29, 1.82) is 0 Å². The van der Waals surface area contributed by atoms with Crippen LogP contribution in [0.5, 0.6) is 0 Å². The maximum Gasteiger partial charge on any atom is 0.342 e. The Morgan fingerprint density at radius 1 is 1.46 bits per heavy atom. The number of hydrogen-bond donors (Lipinski definition) is 0. The van der Waals surface area contributed by atoms with Gasteiger partial charge in [0, 0.05) is 0 Å². The van der Waals surface area contributed by atoms with Crippen molar-refractivity contribution < 1.29 is 13.9 Å². The fourth-order valence-electron chi connectivity index (χ4n) is 0.930. The van der Waals surface area contributed by atoms with Crippen LogP contribution < -0.4 is 0 Å². The summed E-state index contributed by atoms with van der Waals surface area (Å²) in [4.78, 5) is 11.5. The second kappa shape index (κ2) is 3.24. The molecule has 1 aromatic rings. The lowest BCUT2D eigenvalue weighted by molar-refractivity contribution is 0.00678. The molecule has 0 amide bonds. The van der Waals surface area contributed by atoms with Crippen LogP contribution in [0.15, 0.2) is 16.7 Å². The van der Waals surface area contributed by atoms with Gasteiger partial charge in [-0.05, 0) is 33.8 Å². The van der Waals surface area contributed by atoms with Gasteiger partial charge in [0.25, 0.3) is 0 Å². The molecule has 0 radical (unpaired) electrons. The highest BCUT2D eigenvalue weighted by atomic mass is 16.6. The molecule has 72 valence electrons. The van der Waals surface area contributed by atoms with Crippen molar-refractivity contribution in [2.45, 2.75) is 33.3 Å². The normalized spacial score (nSPS) is 11.4. The molecule has 0 aliphatic carbocycles. The van der Waals surface area contributed by atoms with E-state index in [0.29, 0.717) is 11.3 Å². The van der Waals surface area contributed by atoms with E-state index < -0.39 is 5.60 Å². The summed E-state index contributed by atoms with van der Waals surface area (Å²) in [5.74, 6) is 0.257. The molecule has 13 heavy (non-hydrogen) atoms. The molecule has 0 unspecified atom stereocenters. The molecule has 1 aromatic heterocycles. The summed E-state index contributed by atoms with van der Waals surface area (Å²) in [6.45, 7) is 7.24. The molecule has 0 aliphatic heterocycles. The van der Waals surface area contributed by atoms with Crippen molar-refractivity contribution in [3.05, 3.63) is 23.7 Å². The van der Waals surface area contributed by atoms with E-state index in [1.807, 2.05) is 20.8 Å². The van der Waals surface area contributed by atoms with Crippen LogP contribution in [0.3, 0.4) is 0 Å². The molecular formula is C10H14O3. The zero-order valence-electron chi connectivity index (χ0n) is 8.38. The van der Waals surface area contributed by atoms with E-state index in [1.54, 1.807) is 13.0 Å². The summed E-state index contributed by atoms with van der Waals surface area (Å²) in [6, 6.07) is 1.61. The van der Waals surface area contributed by atoms with Gasteiger partial charge in [0.1, 0.15) is 16.9 Å². The number of furan rings is 1. The van der Waals surface area contributed by atoms with Crippen molar-refractivity contribution >= 4 is 5.97 Å². The van der Waals surface area contributed by atoms with Gasteiger partial charge in [-0.2, -0.15) is 0 Å². The van der Waals surface area contributed by atoms with Crippen molar-refractivity contribution in [2.24, 2.45) is 0 Å². The minimum absolute atomic E-state index is 0.334. The van der Waals surface area contributed by atoms with Gasteiger partial charge in [-0.15, -0.1) is 0 Å². The van der Waals surface area contributed by atoms with Crippen molar-refractivity contribution in [1.82, 2.24) is 0 Å². The second-order valence-electron chi connectivity index (χ2n) is 3.89. The first-order chi connectivity index (χ1) is 5.90. The fraction of sp³-hybridized carbons (Fsp3) is 0.500. The smallest absolute Gasteiger partial charge is 0.342 e. The van der Waals surface area contributed by atoms with Crippen LogP contribution in [0.1, 0.15) is 36.9 Å². The van der Waals surface area contributed by atoms with Gasteiger partial charge in [0.15, 0.2) is 0 Å². The summed E-state index contributed by atoms with van der Waals surface area (Å²) < 4.78 is 10.2. The van der Waals surface area contributed by atoms with E-state index in [2.05, 4.69) is 0 Å². The van der Waals surface area contributed by atoms with E-state index in [0.717, 1.165) is 0 Å². The fourth-order valence-corrected chi connectivity index (χ4v) is 0.930. The Kier molecular flexibility index (Phi) is 2.45. The number of carbonyl (C=O) groups is 1. The van der Waals surface area contributed by atoms with Gasteiger partial charge >= 0.3 is 5.97 Å². The molecule has 0 spiro atoms. The topological polar surface area (TPSA) is 39.4 Å². The van der Waals surface area contributed by atoms with Gasteiger partial charge < -0.3 is 9.15 Å². The molecule has 0 N–H and O–H groups in total. The quantitative estimate of drug-likeness (QED) is 0.626. The van der Waals surface area contributed by atoms with Crippen molar-refractivity contribution in [3.63, 3.8) is 0 Å². The maximum atomic E-state index is 11.5. The highest BCUT2D eigenvalue weighted by molar-refractivity contribution is 5.90. The highest BCUT2D eigenvalue weighted by Gasteiger charge is 2.20. The lowest BCUT2D eigenvalue weighted by Gasteiger charge is -2.18. The standard InChI is InChI=1S/C10H14O3/c1-7-8(5-6-12-7)9(11)13-10(2,3)4/h5-6H,1-4H3. The molecular weight excluding hydrogens is 168 g/mol. The van der Waals surface area contributed by atoms with Crippen LogP contribution in [-0.2, 0) is 4.74 Å². The van der Waals surface area contributed by atoms with E-state index in [-0.39, 0.29) is 5.97 Å². The number of ether oxygens (including phenoxy) is 1. The summed E-state index contributed by atoms with van der Waals surface area (Å²) in [7, 11) is 0. The summed E-state index contributed by atoms with van der Waals surface area (Å²) in [5, 5.41) is 0. The highest BCUT2D eigenvalue weighted by Crippen LogP contribution is 2.15. The number of hydrogen-bond acceptors (Lipinski definition) is 3. The first-order valence-corrected chi connectivity index (χ1v) is 4.17. The lowest BCUT2D eigenvalue weighted by Crippen LogP contribution is -2.23. The molecule has 0 saturated heterocycles. The second-order valence-corrected chi connectivity index (χ2v) is 3.89. The number of esters is 1. The largest absolute Gasteiger partial charge is 0.469 e. The zero-order valence-corrected chi connectivity index (χ0v) is 8.38. The van der Waals surface area contributed by atoms with E-state index >= 15 is 0 Å². The molecule has 3 heteroatoms. The van der Waals surface area contributed by atoms with Crippen LogP contribution in [-0.4, -0.2) is 11.6 Å². The van der Waals surface area contributed by atoms with Gasteiger partial charge in [0.05, 0.1) is 6.26 Å². The Morgan fingerprint density at radius 3 is 2.46 bits per heavy atom. The Morgan fingerprint density at radius 2 is 2.08 bits per heavy atom. The van der Waals surface area contributed by atoms with Crippen LogP contribution in [0.25, 0.3) is 0 Å². The predicted octanol–water partition coefficient (Wildman–Crippen LogP) is 2.54. The Labute approximate surface area is 77.7 Å². The first kappa shape index (κ1) is 9.84. The van der Waals surface area contributed by atoms with Crippen LogP contribution >= 0.6 is 0 Å². The van der Waals surface area contributed by atoms with Crippen LogP contribution in [0.4, 0.5) is 0 Å². The third kappa shape index (κ3) is 2.61. The molecule has 0 aromatic carbocycles. The minimum atomic E-state index is -0.458. The van der Waals surface area contributed by atoms with Crippen LogP contribution in [0, 0.1) is 6.92 Å². The average molecular weight is 182 g/mol. The summed E-state index contributed by atoms with van der Waals surface area (Å²) in [5.41, 5.74) is 0.0378. The maximum absolute atomic E-state index is 11.5. The predicted molar refractivity (Wildman–Crippen MR) is 48.6 cm³/mol. The van der Waals surface area contributed by atoms with Gasteiger partial charge in [0.2, 0.25) is 0 Å². The van der Waals surface area contributed by atoms with Crippen molar-refractivity contribution in [2.75, 3.05) is 0 Å². The van der Waals surface area contributed by atoms with Gasteiger partial charge in [-0.1, -0.05) is 0 Å². The SMILES string of the molecule is Cc1occc1C(=O)OC(C)(C)C. The third-order valence-electron chi connectivity index (χ3n) is 1.48. The number of rotatable bonds is 1. The molecule has 1 rings (SSSR count). The van der Waals surface area contributed by atoms with Gasteiger partial charge in [-0.3, -0.25) is 0 Å². The van der Waals surface area contributed by atoms with Crippen molar-refractivity contribution in [3.8, 4) is 0 Å². The molecule has 0 fully saturated rings. The van der Waals surface area contributed by atoms with E-state index in [4.69, 9.17) is 9.15 Å². The zero-order chi connectivity index (χ0) is 10.1. The summed E-state index contributed by atoms with van der Waals surface area (Å²) >= 11 is 0. The van der Waals surface area contributed by atoms with Gasteiger partial charge in [-0.25, -0.2) is 4.79 Å². The Bertz CT molecular complexity index is 304. The Hall–Kier alpha value is -1.25. The van der Waals surface area contributed by atoms with E-state index in [9.17, 15) is 4.79 Å². The van der Waals surface area contributed by atoms with Crippen LogP contribution in [0.2, 0.25) is 0 Å². The molecule has 0 saturated carbocycles. The first-order valence-electron chi connectivity index (χ1n) is 4.17. The van der Waals surface area contributed by atoms with E-state index in [1.165, 1.54) is 6.26 Å². The Balaban J connectivity index is 2.76. The lowest BCUT2D eigenvalue weighted by atomic mass is 10.2. The molecule has 1 heterocycles. The summed E-state index contributed by atoms with van der Waals surface area (Å²) in [6.07, 6.45) is 1.48. The molecule has 0 atom stereocenters. The number of carbonyl (C=O) groups excluding carboxylic acids is 1. The molecule has 0 bridgehead atoms.